The van der Waals surface area contributed by atoms with Crippen LogP contribution in [0.5, 0.6) is 0 Å². The summed E-state index contributed by atoms with van der Waals surface area (Å²) in [4.78, 5) is 28.0. The topological polar surface area (TPSA) is 49.9 Å². The fourth-order valence-corrected chi connectivity index (χ4v) is 3.42. The minimum absolute atomic E-state index is 0.0295. The average molecular weight is 370 g/mol. The molecule has 2 fully saturated rings. The Kier molecular flexibility index (Phi) is 5.22. The first-order valence-electron chi connectivity index (χ1n) is 8.61. The Morgan fingerprint density at radius 2 is 1.81 bits per heavy atom. The van der Waals surface area contributed by atoms with Crippen LogP contribution in [0.4, 0.5) is 13.2 Å². The molecule has 1 aliphatic carbocycles. The maximum absolute atomic E-state index is 12.5. The van der Waals surface area contributed by atoms with E-state index in [0.29, 0.717) is 12.6 Å². The van der Waals surface area contributed by atoms with Crippen LogP contribution in [0.15, 0.2) is 30.3 Å². The molecule has 8 heteroatoms. The van der Waals surface area contributed by atoms with E-state index in [9.17, 15) is 22.8 Å². The van der Waals surface area contributed by atoms with Gasteiger partial charge in [-0.1, -0.05) is 30.3 Å². The second kappa shape index (κ2) is 7.26. The van der Waals surface area contributed by atoms with E-state index < -0.39 is 24.7 Å². The van der Waals surface area contributed by atoms with Crippen molar-refractivity contribution >= 4 is 11.9 Å². The lowest BCUT2D eigenvalue weighted by Crippen LogP contribution is -2.57. The number of hydrogen-bond acceptors (Lipinski definition) is 4. The molecule has 0 aromatic heterocycles. The largest absolute Gasteiger partial charge is 0.449 e. The van der Waals surface area contributed by atoms with Crippen molar-refractivity contribution in [3.05, 3.63) is 35.9 Å². The summed E-state index contributed by atoms with van der Waals surface area (Å²) in [6, 6.07) is 9.34. The lowest BCUT2D eigenvalue weighted by molar-refractivity contribution is -0.190. The second-order valence-electron chi connectivity index (χ2n) is 6.85. The van der Waals surface area contributed by atoms with Gasteiger partial charge >= 0.3 is 18.1 Å². The number of ether oxygens (including phenoxy) is 1. The molecular formula is C18H21F3N2O3. The molecule has 0 radical (unpaired) electrons. The lowest BCUT2D eigenvalue weighted by atomic mass is 9.99. The van der Waals surface area contributed by atoms with E-state index in [2.05, 4.69) is 9.64 Å². The van der Waals surface area contributed by atoms with E-state index in [-0.39, 0.29) is 18.6 Å². The van der Waals surface area contributed by atoms with E-state index in [4.69, 9.17) is 0 Å². The molecule has 2 unspecified atom stereocenters. The number of carbonyl (C=O) groups excluding carboxylic acids is 2. The number of hydrogen-bond donors (Lipinski definition) is 0. The van der Waals surface area contributed by atoms with Gasteiger partial charge in [0.2, 0.25) is 0 Å². The normalized spacial score (nSPS) is 24.4. The number of alkyl halides is 3. The van der Waals surface area contributed by atoms with E-state index in [1.807, 2.05) is 37.3 Å². The highest BCUT2D eigenvalue weighted by Crippen LogP contribution is 2.36. The van der Waals surface area contributed by atoms with Gasteiger partial charge in [0, 0.05) is 25.2 Å². The van der Waals surface area contributed by atoms with E-state index in [1.54, 1.807) is 0 Å². The SMILES string of the molecule is CC1CN(C(=O)C(=O)OCC(F)(F)F)C(c2ccccc2)CN1C1CC1. The number of halogens is 3. The number of benzene rings is 1. The zero-order chi connectivity index (χ0) is 18.9. The van der Waals surface area contributed by atoms with Gasteiger partial charge in [-0.05, 0) is 25.3 Å². The quantitative estimate of drug-likeness (QED) is 0.606. The van der Waals surface area contributed by atoms with E-state index in [1.165, 1.54) is 4.90 Å². The third-order valence-corrected chi connectivity index (χ3v) is 4.79. The predicted octanol–water partition coefficient (Wildman–Crippen LogP) is 2.53. The monoisotopic (exact) mass is 370 g/mol. The third kappa shape index (κ3) is 4.35. The van der Waals surface area contributed by atoms with Gasteiger partial charge in [0.15, 0.2) is 6.61 Å². The van der Waals surface area contributed by atoms with Crippen LogP contribution in [-0.2, 0) is 14.3 Å². The van der Waals surface area contributed by atoms with Crippen LogP contribution in [0.1, 0.15) is 31.4 Å². The van der Waals surface area contributed by atoms with Crippen LogP contribution < -0.4 is 0 Å². The molecular weight excluding hydrogens is 349 g/mol. The van der Waals surface area contributed by atoms with Gasteiger partial charge in [0.1, 0.15) is 0 Å². The number of carbonyl (C=O) groups is 2. The highest BCUT2D eigenvalue weighted by atomic mass is 19.4. The molecule has 1 aliphatic heterocycles. The van der Waals surface area contributed by atoms with Crippen LogP contribution >= 0.6 is 0 Å². The highest BCUT2D eigenvalue weighted by molar-refractivity contribution is 6.32. The standard InChI is InChI=1S/C18H21F3N2O3/c1-12-9-23(16(24)17(25)26-11-18(19,20)21)15(10-22(12)14-7-8-14)13-5-3-2-4-6-13/h2-6,12,14-15H,7-11H2,1H3. The summed E-state index contributed by atoms with van der Waals surface area (Å²) in [6.07, 6.45) is -2.45. The minimum atomic E-state index is -4.66. The minimum Gasteiger partial charge on any atom is -0.449 e. The maximum atomic E-state index is 12.5. The first-order valence-corrected chi connectivity index (χ1v) is 8.61. The van der Waals surface area contributed by atoms with Crippen molar-refractivity contribution in [1.82, 2.24) is 9.80 Å². The first kappa shape index (κ1) is 18.7. The molecule has 0 spiro atoms. The summed E-state index contributed by atoms with van der Waals surface area (Å²) in [5, 5.41) is 0. The van der Waals surface area contributed by atoms with Gasteiger partial charge in [0.25, 0.3) is 0 Å². The summed E-state index contributed by atoms with van der Waals surface area (Å²) in [5.74, 6) is -2.49. The van der Waals surface area contributed by atoms with Crippen molar-refractivity contribution in [2.24, 2.45) is 0 Å². The summed E-state index contributed by atoms with van der Waals surface area (Å²) >= 11 is 0. The summed E-state index contributed by atoms with van der Waals surface area (Å²) < 4.78 is 40.9. The molecule has 3 rings (SSSR count). The molecule has 142 valence electrons. The molecule has 2 aliphatic rings. The Bertz CT molecular complexity index is 661. The fraction of sp³-hybridized carbons (Fsp3) is 0.556. The van der Waals surface area contributed by atoms with Crippen molar-refractivity contribution in [1.29, 1.82) is 0 Å². The molecule has 0 bridgehead atoms. The van der Waals surface area contributed by atoms with Gasteiger partial charge < -0.3 is 9.64 Å². The molecule has 2 atom stereocenters. The first-order chi connectivity index (χ1) is 12.3. The average Bonchev–Trinajstić information content (AvgIpc) is 3.44. The highest BCUT2D eigenvalue weighted by Gasteiger charge is 2.43. The molecule has 1 saturated heterocycles. The van der Waals surface area contributed by atoms with Crippen molar-refractivity contribution in [3.8, 4) is 0 Å². The zero-order valence-electron chi connectivity index (χ0n) is 14.4. The molecule has 5 nitrogen and oxygen atoms in total. The van der Waals surface area contributed by atoms with Crippen LogP contribution in [0.3, 0.4) is 0 Å². The number of amides is 1. The van der Waals surface area contributed by atoms with Crippen LogP contribution in [0.2, 0.25) is 0 Å². The zero-order valence-corrected chi connectivity index (χ0v) is 14.4. The Morgan fingerprint density at radius 3 is 2.38 bits per heavy atom. The Hall–Kier alpha value is -2.09. The van der Waals surface area contributed by atoms with Crippen molar-refractivity contribution < 1.29 is 27.5 Å². The van der Waals surface area contributed by atoms with E-state index >= 15 is 0 Å². The Morgan fingerprint density at radius 1 is 1.15 bits per heavy atom. The second-order valence-corrected chi connectivity index (χ2v) is 6.85. The van der Waals surface area contributed by atoms with Crippen molar-refractivity contribution in [2.75, 3.05) is 19.7 Å². The van der Waals surface area contributed by atoms with E-state index in [0.717, 1.165) is 18.4 Å². The van der Waals surface area contributed by atoms with Crippen molar-refractivity contribution in [3.63, 3.8) is 0 Å². The van der Waals surface area contributed by atoms with Crippen LogP contribution in [0.25, 0.3) is 0 Å². The summed E-state index contributed by atoms with van der Waals surface area (Å²) in [5.41, 5.74) is 0.849. The van der Waals surface area contributed by atoms with Crippen LogP contribution in [-0.4, -0.2) is 59.6 Å². The molecule has 1 aromatic rings. The lowest BCUT2D eigenvalue weighted by Gasteiger charge is -2.45. The molecule has 1 heterocycles. The smallest absolute Gasteiger partial charge is 0.422 e. The van der Waals surface area contributed by atoms with Gasteiger partial charge in [-0.2, -0.15) is 13.2 Å². The Labute approximate surface area is 149 Å². The maximum Gasteiger partial charge on any atom is 0.422 e. The van der Waals surface area contributed by atoms with Crippen LogP contribution in [0, 0.1) is 0 Å². The molecule has 26 heavy (non-hydrogen) atoms. The summed E-state index contributed by atoms with van der Waals surface area (Å²) in [7, 11) is 0. The molecule has 1 amide bonds. The molecule has 1 saturated carbocycles. The fourth-order valence-electron chi connectivity index (χ4n) is 3.42. The number of piperazine rings is 1. The molecule has 0 N–H and O–H groups in total. The third-order valence-electron chi connectivity index (χ3n) is 4.79. The van der Waals surface area contributed by atoms with Crippen molar-refractivity contribution in [2.45, 2.75) is 44.1 Å². The Balaban J connectivity index is 1.78. The van der Waals surface area contributed by atoms with Gasteiger partial charge in [0.05, 0.1) is 6.04 Å². The number of nitrogens with zero attached hydrogens (tertiary/aromatic N) is 2. The van der Waals surface area contributed by atoms with Gasteiger partial charge in [-0.25, -0.2) is 4.79 Å². The van der Waals surface area contributed by atoms with Gasteiger partial charge in [-0.15, -0.1) is 0 Å². The molecule has 1 aromatic carbocycles. The summed E-state index contributed by atoms with van der Waals surface area (Å²) in [6.45, 7) is 1.02. The number of esters is 1. The predicted molar refractivity (Wildman–Crippen MR) is 87.1 cm³/mol. The van der Waals surface area contributed by atoms with Gasteiger partial charge in [-0.3, -0.25) is 9.69 Å². The number of rotatable bonds is 3.